The predicted molar refractivity (Wildman–Crippen MR) is 59.4 cm³/mol. The van der Waals surface area contributed by atoms with Crippen molar-refractivity contribution >= 4 is 5.96 Å². The van der Waals surface area contributed by atoms with Crippen molar-refractivity contribution in [3.05, 3.63) is 18.2 Å². The molecule has 0 aliphatic carbocycles. The number of nitrogens with zero attached hydrogens (tertiary/aromatic N) is 3. The maximum atomic E-state index is 3.94. The molecule has 14 heavy (non-hydrogen) atoms. The molecule has 0 aliphatic rings. The van der Waals surface area contributed by atoms with Crippen molar-refractivity contribution in [2.24, 2.45) is 4.99 Å². The molecule has 0 radical (unpaired) electrons. The van der Waals surface area contributed by atoms with Crippen LogP contribution in [0.3, 0.4) is 0 Å². The number of H-pyrrole nitrogens is 1. The first-order valence-corrected chi connectivity index (χ1v) is 4.39. The van der Waals surface area contributed by atoms with Crippen LogP contribution < -0.4 is 5.32 Å². The first-order valence-electron chi connectivity index (χ1n) is 4.39. The number of guanidine groups is 1. The zero-order valence-electron chi connectivity index (χ0n) is 9.50. The van der Waals surface area contributed by atoms with Gasteiger partial charge in [-0.15, -0.1) is 0 Å². The fourth-order valence-corrected chi connectivity index (χ4v) is 0.880. The Morgan fingerprint density at radius 1 is 1.57 bits per heavy atom. The van der Waals surface area contributed by atoms with Crippen molar-refractivity contribution in [3.8, 4) is 0 Å². The van der Waals surface area contributed by atoms with Crippen LogP contribution >= 0.6 is 0 Å². The van der Waals surface area contributed by atoms with Gasteiger partial charge >= 0.3 is 0 Å². The van der Waals surface area contributed by atoms with Gasteiger partial charge in [-0.05, 0) is 6.92 Å². The molecule has 0 saturated carbocycles. The summed E-state index contributed by atoms with van der Waals surface area (Å²) in [6.07, 6.45) is 3.53. The molecule has 1 heterocycles. The fraction of sp³-hybridized carbons (Fsp3) is 0.556. The lowest BCUT2D eigenvalue weighted by Gasteiger charge is -2.12. The van der Waals surface area contributed by atoms with Crippen molar-refractivity contribution in [3.63, 3.8) is 0 Å². The molecule has 0 aliphatic heterocycles. The van der Waals surface area contributed by atoms with Crippen LogP contribution in [-0.2, 0) is 0 Å². The summed E-state index contributed by atoms with van der Waals surface area (Å²) in [6, 6.07) is 0. The number of rotatable bonds is 0. The van der Waals surface area contributed by atoms with Gasteiger partial charge in [-0.2, -0.15) is 0 Å². The summed E-state index contributed by atoms with van der Waals surface area (Å²) in [5.41, 5.74) is 0. The molecule has 0 bridgehead atoms. The summed E-state index contributed by atoms with van der Waals surface area (Å²) in [6.45, 7) is 1.92. The van der Waals surface area contributed by atoms with Crippen LogP contribution in [-0.4, -0.2) is 49.0 Å². The Balaban J connectivity index is 0.000000249. The monoisotopic (exact) mass is 197 g/mol. The van der Waals surface area contributed by atoms with Crippen LogP contribution in [0.5, 0.6) is 0 Å². The Morgan fingerprint density at radius 2 is 2.21 bits per heavy atom. The smallest absolute Gasteiger partial charge is 0.192 e. The summed E-state index contributed by atoms with van der Waals surface area (Å²) in [7, 11) is 7.49. The number of hydrogen-bond donors (Lipinski definition) is 2. The van der Waals surface area contributed by atoms with Crippen LogP contribution in [0.4, 0.5) is 0 Å². The maximum Gasteiger partial charge on any atom is 0.192 e. The van der Waals surface area contributed by atoms with Crippen LogP contribution in [0.25, 0.3) is 0 Å². The van der Waals surface area contributed by atoms with Gasteiger partial charge in [0.15, 0.2) is 5.96 Å². The SMILES string of the molecule is CN=C(NC)N(C)C.Cc1ncc[nH]1. The van der Waals surface area contributed by atoms with Crippen molar-refractivity contribution in [1.29, 1.82) is 0 Å². The number of aliphatic imine (C=N–C) groups is 1. The highest BCUT2D eigenvalue weighted by Crippen LogP contribution is 1.78. The van der Waals surface area contributed by atoms with E-state index < -0.39 is 0 Å². The molecule has 0 saturated heterocycles. The first-order chi connectivity index (χ1) is 6.61. The minimum absolute atomic E-state index is 0.894. The van der Waals surface area contributed by atoms with E-state index in [9.17, 15) is 0 Å². The molecule has 0 fully saturated rings. The molecule has 1 aromatic rings. The van der Waals surface area contributed by atoms with Gasteiger partial charge in [-0.3, -0.25) is 4.99 Å². The highest BCUT2D eigenvalue weighted by Gasteiger charge is 1.91. The van der Waals surface area contributed by atoms with Gasteiger partial charge in [0.1, 0.15) is 5.82 Å². The van der Waals surface area contributed by atoms with Gasteiger partial charge in [-0.1, -0.05) is 0 Å². The van der Waals surface area contributed by atoms with E-state index in [2.05, 4.69) is 20.3 Å². The van der Waals surface area contributed by atoms with E-state index in [0.717, 1.165) is 11.8 Å². The van der Waals surface area contributed by atoms with Crippen molar-refractivity contribution < 1.29 is 0 Å². The minimum Gasteiger partial charge on any atom is -0.359 e. The van der Waals surface area contributed by atoms with Crippen molar-refractivity contribution in [2.45, 2.75) is 6.92 Å². The number of nitrogens with one attached hydrogen (secondary N) is 2. The highest BCUT2D eigenvalue weighted by atomic mass is 15.2. The lowest BCUT2D eigenvalue weighted by atomic mass is 10.8. The zero-order valence-corrected chi connectivity index (χ0v) is 9.50. The predicted octanol–water partition coefficient (Wildman–Crippen LogP) is 0.471. The van der Waals surface area contributed by atoms with Gasteiger partial charge in [0.25, 0.3) is 0 Å². The third kappa shape index (κ3) is 5.18. The van der Waals surface area contributed by atoms with Gasteiger partial charge in [0.2, 0.25) is 0 Å². The van der Waals surface area contributed by atoms with Gasteiger partial charge in [-0.25, -0.2) is 4.98 Å². The van der Waals surface area contributed by atoms with E-state index in [0.29, 0.717) is 0 Å². The Bertz CT molecular complexity index is 250. The second kappa shape index (κ2) is 6.94. The lowest BCUT2D eigenvalue weighted by Crippen LogP contribution is -2.33. The van der Waals surface area contributed by atoms with E-state index in [-0.39, 0.29) is 0 Å². The summed E-state index contributed by atoms with van der Waals surface area (Å²) < 4.78 is 0. The molecular formula is C9H19N5. The molecule has 1 aromatic heterocycles. The molecule has 0 unspecified atom stereocenters. The van der Waals surface area contributed by atoms with Crippen LogP contribution in [0, 0.1) is 6.92 Å². The van der Waals surface area contributed by atoms with Crippen LogP contribution in [0.2, 0.25) is 0 Å². The topological polar surface area (TPSA) is 56.3 Å². The standard InChI is InChI=1S/C5H13N3.C4H6N2/c1-6-5(7-2)8(3)4;1-4-5-2-3-6-4/h1-4H3,(H,6,7);2-3H,1H3,(H,5,6). The second-order valence-electron chi connectivity index (χ2n) is 2.87. The second-order valence-corrected chi connectivity index (χ2v) is 2.87. The number of aromatic nitrogens is 2. The first kappa shape index (κ1) is 12.5. The third-order valence-corrected chi connectivity index (χ3v) is 1.49. The third-order valence-electron chi connectivity index (χ3n) is 1.49. The Labute approximate surface area is 85.3 Å². The zero-order chi connectivity index (χ0) is 11.0. The number of aryl methyl sites for hydroxylation is 1. The summed E-state index contributed by atoms with van der Waals surface area (Å²) in [4.78, 5) is 12.6. The molecule has 5 nitrogen and oxygen atoms in total. The molecular weight excluding hydrogens is 178 g/mol. The maximum absolute atomic E-state index is 3.94. The lowest BCUT2D eigenvalue weighted by molar-refractivity contribution is 0.596. The Hall–Kier alpha value is -1.52. The fourth-order valence-electron chi connectivity index (χ4n) is 0.880. The average Bonchev–Trinajstić information content (AvgIpc) is 2.58. The summed E-state index contributed by atoms with van der Waals surface area (Å²) in [5, 5.41) is 2.93. The molecule has 0 aromatic carbocycles. The van der Waals surface area contributed by atoms with E-state index in [1.807, 2.05) is 33.0 Å². The largest absolute Gasteiger partial charge is 0.359 e. The summed E-state index contributed by atoms with van der Waals surface area (Å²) in [5.74, 6) is 1.86. The molecule has 2 N–H and O–H groups in total. The van der Waals surface area contributed by atoms with E-state index in [1.165, 1.54) is 0 Å². The minimum atomic E-state index is 0.894. The normalized spacial score (nSPS) is 10.2. The average molecular weight is 197 g/mol. The number of imidazole rings is 1. The summed E-state index contributed by atoms with van der Waals surface area (Å²) >= 11 is 0. The molecule has 0 amide bonds. The van der Waals surface area contributed by atoms with Crippen LogP contribution in [0.15, 0.2) is 17.4 Å². The van der Waals surface area contributed by atoms with Gasteiger partial charge < -0.3 is 15.2 Å². The molecule has 80 valence electrons. The Morgan fingerprint density at radius 3 is 2.29 bits per heavy atom. The number of aromatic amines is 1. The Kier molecular flexibility index (Phi) is 6.19. The van der Waals surface area contributed by atoms with E-state index in [4.69, 9.17) is 0 Å². The highest BCUT2D eigenvalue weighted by molar-refractivity contribution is 5.78. The molecule has 1 rings (SSSR count). The molecule has 0 spiro atoms. The van der Waals surface area contributed by atoms with Crippen molar-refractivity contribution in [1.82, 2.24) is 20.2 Å². The van der Waals surface area contributed by atoms with Gasteiger partial charge in [0.05, 0.1) is 0 Å². The van der Waals surface area contributed by atoms with Crippen molar-refractivity contribution in [2.75, 3.05) is 28.2 Å². The number of hydrogen-bond acceptors (Lipinski definition) is 2. The van der Waals surface area contributed by atoms with E-state index in [1.54, 1.807) is 19.4 Å². The quantitative estimate of drug-likeness (QED) is 0.469. The molecule has 5 heteroatoms. The molecule has 0 atom stereocenters. The van der Waals surface area contributed by atoms with Gasteiger partial charge in [0, 0.05) is 40.6 Å². The van der Waals surface area contributed by atoms with Crippen LogP contribution in [0.1, 0.15) is 5.82 Å². The van der Waals surface area contributed by atoms with E-state index >= 15 is 0 Å².